The molecule has 0 aromatic rings. The quantitative estimate of drug-likeness (QED) is 0.557. The normalized spacial score (nSPS) is 19.0. The first-order chi connectivity index (χ1) is 11.7. The van der Waals surface area contributed by atoms with Crippen LogP contribution in [0.15, 0.2) is 0 Å². The van der Waals surface area contributed by atoms with E-state index in [1.165, 1.54) is 21.0 Å². The number of hydrogen-bond donors (Lipinski definition) is 2. The Hall–Kier alpha value is -1.42. The number of nitrogens with one attached hydrogen (secondary N) is 1. The van der Waals surface area contributed by atoms with Crippen molar-refractivity contribution < 1.29 is 38.4 Å². The molecule has 0 aromatic heterocycles. The van der Waals surface area contributed by atoms with Gasteiger partial charge in [-0.15, -0.1) is 0 Å². The molecule has 0 aliphatic carbocycles. The molecule has 2 N–H and O–H groups in total. The Labute approximate surface area is 155 Å². The number of carboxylic acids is 1. The van der Waals surface area contributed by atoms with Crippen LogP contribution in [0.3, 0.4) is 0 Å². The fourth-order valence-electron chi connectivity index (χ4n) is 1.93. The van der Waals surface area contributed by atoms with Gasteiger partial charge in [0.1, 0.15) is 5.60 Å². The van der Waals surface area contributed by atoms with Crippen LogP contribution in [0.4, 0.5) is 4.79 Å². The lowest BCUT2D eigenvalue weighted by Gasteiger charge is -2.35. The highest BCUT2D eigenvalue weighted by Crippen LogP contribution is 2.19. The number of carboxylic acid groups (broad SMARTS) is 1. The lowest BCUT2D eigenvalue weighted by atomic mass is 9.96. The summed E-state index contributed by atoms with van der Waals surface area (Å²) in [4.78, 5) is 23.7. The SMILES string of the molecule is COC(C)OC(C)OC(C)OC(C)[C@@](C)(NC(=O)OC(C)(C)C)C(=O)O. The van der Waals surface area contributed by atoms with E-state index in [1.54, 1.807) is 41.5 Å². The van der Waals surface area contributed by atoms with Crippen LogP contribution in [-0.2, 0) is 28.5 Å². The summed E-state index contributed by atoms with van der Waals surface area (Å²) in [6.07, 6.45) is -3.66. The van der Waals surface area contributed by atoms with Gasteiger partial charge in [0.2, 0.25) is 0 Å². The average Bonchev–Trinajstić information content (AvgIpc) is 2.43. The molecule has 0 fully saturated rings. The van der Waals surface area contributed by atoms with Gasteiger partial charge in [-0.2, -0.15) is 0 Å². The van der Waals surface area contributed by atoms with E-state index in [-0.39, 0.29) is 0 Å². The number of methoxy groups -OCH3 is 1. The first-order valence-corrected chi connectivity index (χ1v) is 8.45. The molecule has 0 rings (SSSR count). The Kier molecular flexibility index (Phi) is 9.50. The maximum absolute atomic E-state index is 12.0. The van der Waals surface area contributed by atoms with Gasteiger partial charge in [-0.05, 0) is 55.4 Å². The van der Waals surface area contributed by atoms with Gasteiger partial charge in [-0.3, -0.25) is 0 Å². The summed E-state index contributed by atoms with van der Waals surface area (Å²) in [6.45, 7) is 12.9. The molecule has 9 heteroatoms. The number of rotatable bonds is 10. The summed E-state index contributed by atoms with van der Waals surface area (Å²) < 4.78 is 26.6. The second-order valence-corrected chi connectivity index (χ2v) is 7.12. The highest BCUT2D eigenvalue weighted by molar-refractivity contribution is 5.84. The summed E-state index contributed by atoms with van der Waals surface area (Å²) in [5, 5.41) is 11.9. The monoisotopic (exact) mass is 379 g/mol. The van der Waals surface area contributed by atoms with Crippen molar-refractivity contribution in [1.29, 1.82) is 0 Å². The van der Waals surface area contributed by atoms with Crippen molar-refractivity contribution in [1.82, 2.24) is 5.32 Å². The van der Waals surface area contributed by atoms with Gasteiger partial charge in [-0.1, -0.05) is 0 Å². The summed E-state index contributed by atoms with van der Waals surface area (Å²) in [5.41, 5.74) is -2.47. The molecule has 0 bridgehead atoms. The molecule has 0 aromatic carbocycles. The van der Waals surface area contributed by atoms with Crippen LogP contribution in [0.25, 0.3) is 0 Å². The highest BCUT2D eigenvalue weighted by atomic mass is 16.8. The standard InChI is InChI=1S/C17H33NO8/c1-10(23-12(3)25-13(4)24-11(2)22-9)17(8,14(19)20)18-15(21)26-16(5,6)7/h10-13H,1-9H3,(H,18,21)(H,19,20)/t10?,11?,12?,13?,17-/m1/s1. The fraction of sp³-hybridized carbons (Fsp3) is 0.882. The third-order valence-corrected chi connectivity index (χ3v) is 3.51. The molecule has 5 atom stereocenters. The Bertz CT molecular complexity index is 464. The van der Waals surface area contributed by atoms with Crippen LogP contribution in [0.2, 0.25) is 0 Å². The zero-order valence-corrected chi connectivity index (χ0v) is 17.1. The number of hydrogen-bond acceptors (Lipinski definition) is 7. The molecule has 0 saturated heterocycles. The molecule has 0 spiro atoms. The van der Waals surface area contributed by atoms with Gasteiger partial charge < -0.3 is 34.1 Å². The Morgan fingerprint density at radius 2 is 1.35 bits per heavy atom. The molecule has 1 amide bonds. The van der Waals surface area contributed by atoms with Crippen molar-refractivity contribution in [2.45, 2.75) is 91.5 Å². The molecule has 0 aliphatic heterocycles. The van der Waals surface area contributed by atoms with Crippen molar-refractivity contribution in [2.75, 3.05) is 7.11 Å². The van der Waals surface area contributed by atoms with Crippen LogP contribution >= 0.6 is 0 Å². The first-order valence-electron chi connectivity index (χ1n) is 8.45. The van der Waals surface area contributed by atoms with E-state index >= 15 is 0 Å². The van der Waals surface area contributed by atoms with Crippen LogP contribution < -0.4 is 5.32 Å². The second-order valence-electron chi connectivity index (χ2n) is 7.12. The average molecular weight is 379 g/mol. The van der Waals surface area contributed by atoms with E-state index in [2.05, 4.69) is 5.32 Å². The first kappa shape index (κ1) is 24.6. The molecule has 0 radical (unpaired) electrons. The molecular formula is C17H33NO8. The zero-order chi connectivity index (χ0) is 20.7. The lowest BCUT2D eigenvalue weighted by Crippen LogP contribution is -2.61. The molecule has 4 unspecified atom stereocenters. The Balaban J connectivity index is 4.88. The molecular weight excluding hydrogens is 346 g/mol. The van der Waals surface area contributed by atoms with Gasteiger partial charge in [0.05, 0.1) is 6.10 Å². The number of amides is 1. The van der Waals surface area contributed by atoms with Crippen molar-refractivity contribution in [3.8, 4) is 0 Å². The minimum absolute atomic E-state index is 0.465. The zero-order valence-electron chi connectivity index (χ0n) is 17.1. The predicted octanol–water partition coefficient (Wildman–Crippen LogP) is 2.48. The molecule has 26 heavy (non-hydrogen) atoms. The minimum Gasteiger partial charge on any atom is -0.479 e. The van der Waals surface area contributed by atoms with Crippen LogP contribution in [0.5, 0.6) is 0 Å². The van der Waals surface area contributed by atoms with Crippen molar-refractivity contribution in [2.24, 2.45) is 0 Å². The van der Waals surface area contributed by atoms with E-state index in [1.807, 2.05) is 0 Å². The molecule has 9 nitrogen and oxygen atoms in total. The summed E-state index contributed by atoms with van der Waals surface area (Å²) in [6, 6.07) is 0. The number of aliphatic carboxylic acids is 1. The molecule has 0 heterocycles. The molecule has 154 valence electrons. The van der Waals surface area contributed by atoms with Crippen molar-refractivity contribution in [3.63, 3.8) is 0 Å². The minimum atomic E-state index is -1.72. The fourth-order valence-corrected chi connectivity index (χ4v) is 1.93. The summed E-state index contributed by atoms with van der Waals surface area (Å²) in [5.74, 6) is -1.26. The molecule has 0 aliphatic rings. The summed E-state index contributed by atoms with van der Waals surface area (Å²) in [7, 11) is 1.50. The van der Waals surface area contributed by atoms with Gasteiger partial charge in [0.15, 0.2) is 24.4 Å². The number of ether oxygens (including phenoxy) is 5. The van der Waals surface area contributed by atoms with E-state index in [0.717, 1.165) is 0 Å². The maximum atomic E-state index is 12.0. The van der Waals surface area contributed by atoms with Gasteiger partial charge >= 0.3 is 12.1 Å². The predicted molar refractivity (Wildman–Crippen MR) is 93.5 cm³/mol. The smallest absolute Gasteiger partial charge is 0.408 e. The molecule has 0 saturated carbocycles. The van der Waals surface area contributed by atoms with E-state index < -0.39 is 48.2 Å². The Morgan fingerprint density at radius 1 is 0.885 bits per heavy atom. The Morgan fingerprint density at radius 3 is 1.77 bits per heavy atom. The van der Waals surface area contributed by atoms with Crippen molar-refractivity contribution in [3.05, 3.63) is 0 Å². The van der Waals surface area contributed by atoms with Gasteiger partial charge in [0.25, 0.3) is 0 Å². The number of carbonyl (C=O) groups excluding carboxylic acids is 1. The largest absolute Gasteiger partial charge is 0.479 e. The maximum Gasteiger partial charge on any atom is 0.408 e. The van der Waals surface area contributed by atoms with Crippen molar-refractivity contribution >= 4 is 12.1 Å². The van der Waals surface area contributed by atoms with Crippen LogP contribution in [0, 0.1) is 0 Å². The van der Waals surface area contributed by atoms with Gasteiger partial charge in [-0.25, -0.2) is 9.59 Å². The third-order valence-electron chi connectivity index (χ3n) is 3.51. The van der Waals surface area contributed by atoms with Gasteiger partial charge in [0, 0.05) is 7.11 Å². The summed E-state index contributed by atoms with van der Waals surface area (Å²) >= 11 is 0. The second kappa shape index (κ2) is 10.1. The highest BCUT2D eigenvalue weighted by Gasteiger charge is 2.43. The number of alkyl carbamates (subject to hydrolysis) is 1. The van der Waals surface area contributed by atoms with E-state index in [0.29, 0.717) is 0 Å². The number of carbonyl (C=O) groups is 2. The van der Waals surface area contributed by atoms with Crippen LogP contribution in [-0.4, -0.2) is 60.4 Å². The van der Waals surface area contributed by atoms with E-state index in [9.17, 15) is 14.7 Å². The van der Waals surface area contributed by atoms with E-state index in [4.69, 9.17) is 23.7 Å². The van der Waals surface area contributed by atoms with Crippen LogP contribution in [0.1, 0.15) is 55.4 Å². The third kappa shape index (κ3) is 8.79. The lowest BCUT2D eigenvalue weighted by molar-refractivity contribution is -0.285. The topological polar surface area (TPSA) is 113 Å².